The van der Waals surface area contributed by atoms with Gasteiger partial charge in [0.1, 0.15) is 0 Å². The molecule has 1 fully saturated rings. The highest BCUT2D eigenvalue weighted by molar-refractivity contribution is 5.58. The van der Waals surface area contributed by atoms with Gasteiger partial charge in [-0.3, -0.25) is 0 Å². The third-order valence-corrected chi connectivity index (χ3v) is 5.81. The highest BCUT2D eigenvalue weighted by atomic mass is 14.9. The van der Waals surface area contributed by atoms with E-state index in [1.807, 2.05) is 37.5 Å². The lowest BCUT2D eigenvalue weighted by atomic mass is 9.78. The molecule has 0 unspecified atom stereocenters. The highest BCUT2D eigenvalue weighted by Crippen LogP contribution is 2.33. The Kier molecular flexibility index (Phi) is 6.39. The van der Waals surface area contributed by atoms with Crippen molar-refractivity contribution >= 4 is 0 Å². The molecule has 3 heteroatoms. The first-order chi connectivity index (χ1) is 12.7. The number of nitrogens with zero attached hydrogens (tertiary/aromatic N) is 3. The van der Waals surface area contributed by atoms with Gasteiger partial charge in [-0.05, 0) is 60.9 Å². The van der Waals surface area contributed by atoms with Crippen molar-refractivity contribution in [3.8, 4) is 17.5 Å². The van der Waals surface area contributed by atoms with Crippen molar-refractivity contribution in [1.82, 2.24) is 9.97 Å². The van der Waals surface area contributed by atoms with Crippen molar-refractivity contribution in [2.75, 3.05) is 0 Å². The summed E-state index contributed by atoms with van der Waals surface area (Å²) in [7, 11) is 0. The summed E-state index contributed by atoms with van der Waals surface area (Å²) in [4.78, 5) is 9.10. The molecule has 1 aromatic carbocycles. The predicted octanol–water partition coefficient (Wildman–Crippen LogP) is 5.86. The van der Waals surface area contributed by atoms with Gasteiger partial charge in [0.15, 0.2) is 5.82 Å². The minimum atomic E-state index is 0.707. The number of hydrogen-bond acceptors (Lipinski definition) is 3. The van der Waals surface area contributed by atoms with Crippen molar-refractivity contribution in [3.05, 3.63) is 47.3 Å². The summed E-state index contributed by atoms with van der Waals surface area (Å²) in [5.74, 6) is 2.60. The van der Waals surface area contributed by atoms with Crippen LogP contribution in [-0.4, -0.2) is 9.97 Å². The zero-order valence-electron chi connectivity index (χ0n) is 16.0. The van der Waals surface area contributed by atoms with Gasteiger partial charge in [0, 0.05) is 18.0 Å². The second-order valence-corrected chi connectivity index (χ2v) is 7.77. The molecular formula is C23H29N3. The molecule has 3 rings (SSSR count). The lowest BCUT2D eigenvalue weighted by Crippen LogP contribution is -2.15. The minimum absolute atomic E-state index is 0.707. The first kappa shape index (κ1) is 18.6. The van der Waals surface area contributed by atoms with E-state index in [0.29, 0.717) is 5.56 Å². The van der Waals surface area contributed by atoms with E-state index in [4.69, 9.17) is 5.26 Å². The van der Waals surface area contributed by atoms with Crippen molar-refractivity contribution in [2.45, 2.75) is 65.2 Å². The van der Waals surface area contributed by atoms with E-state index in [9.17, 15) is 0 Å². The fraction of sp³-hybridized carbons (Fsp3) is 0.522. The Hall–Kier alpha value is -2.21. The quantitative estimate of drug-likeness (QED) is 0.657. The Morgan fingerprint density at radius 2 is 1.69 bits per heavy atom. The topological polar surface area (TPSA) is 49.6 Å². The third-order valence-electron chi connectivity index (χ3n) is 5.81. The van der Waals surface area contributed by atoms with Crippen LogP contribution in [0, 0.1) is 30.1 Å². The van der Waals surface area contributed by atoms with E-state index in [-0.39, 0.29) is 0 Å². The summed E-state index contributed by atoms with van der Waals surface area (Å²) in [6, 6.07) is 7.96. The second-order valence-electron chi connectivity index (χ2n) is 7.77. The number of benzene rings is 1. The van der Waals surface area contributed by atoms with Gasteiger partial charge in [-0.2, -0.15) is 5.26 Å². The Labute approximate surface area is 157 Å². The Morgan fingerprint density at radius 1 is 1.04 bits per heavy atom. The van der Waals surface area contributed by atoms with Gasteiger partial charge in [0.25, 0.3) is 0 Å². The maximum absolute atomic E-state index is 9.04. The van der Waals surface area contributed by atoms with Crippen LogP contribution in [0.15, 0.2) is 30.6 Å². The van der Waals surface area contributed by atoms with Gasteiger partial charge in [0.2, 0.25) is 0 Å². The van der Waals surface area contributed by atoms with E-state index in [0.717, 1.165) is 35.2 Å². The molecule has 0 aliphatic heterocycles. The minimum Gasteiger partial charge on any atom is -0.236 e. The maximum atomic E-state index is 9.04. The van der Waals surface area contributed by atoms with E-state index >= 15 is 0 Å². The van der Waals surface area contributed by atoms with E-state index in [1.165, 1.54) is 50.5 Å². The molecule has 0 saturated heterocycles. The summed E-state index contributed by atoms with van der Waals surface area (Å²) in [6.07, 6.45) is 14.7. The van der Waals surface area contributed by atoms with Crippen LogP contribution in [0.25, 0.3) is 11.4 Å². The molecule has 1 aromatic heterocycles. The number of hydrogen-bond donors (Lipinski definition) is 0. The smallest absolute Gasteiger partial charge is 0.159 e. The standard InChI is InChI=1S/C23H29N3/c1-3-4-18-5-7-19(8-6-18)9-10-20-15-25-23(26-16-20)21-11-12-22(14-24)17(2)13-21/h11-13,15-16,18-19H,3-10H2,1-2H3. The average molecular weight is 348 g/mol. The van der Waals surface area contributed by atoms with Crippen LogP contribution >= 0.6 is 0 Å². The average Bonchev–Trinajstić information content (AvgIpc) is 2.68. The first-order valence-electron chi connectivity index (χ1n) is 10.0. The van der Waals surface area contributed by atoms with E-state index in [2.05, 4.69) is 23.0 Å². The Morgan fingerprint density at radius 3 is 2.27 bits per heavy atom. The molecule has 0 radical (unpaired) electrons. The molecule has 1 aliphatic rings. The highest BCUT2D eigenvalue weighted by Gasteiger charge is 2.20. The molecule has 0 bridgehead atoms. The lowest BCUT2D eigenvalue weighted by Gasteiger charge is -2.28. The van der Waals surface area contributed by atoms with Crippen LogP contribution in [0.4, 0.5) is 0 Å². The fourth-order valence-electron chi connectivity index (χ4n) is 4.15. The normalized spacial score (nSPS) is 19.9. The van der Waals surface area contributed by atoms with Crippen molar-refractivity contribution in [1.29, 1.82) is 5.26 Å². The largest absolute Gasteiger partial charge is 0.236 e. The van der Waals surface area contributed by atoms with Crippen LogP contribution in [0.1, 0.15) is 68.6 Å². The number of nitriles is 1. The monoisotopic (exact) mass is 347 g/mol. The summed E-state index contributed by atoms with van der Waals surface area (Å²) >= 11 is 0. The molecule has 0 amide bonds. The molecule has 0 spiro atoms. The molecule has 1 saturated carbocycles. The Balaban J connectivity index is 1.54. The molecule has 2 aromatic rings. The van der Waals surface area contributed by atoms with Crippen LogP contribution in [0.2, 0.25) is 0 Å². The van der Waals surface area contributed by atoms with Crippen LogP contribution in [0.3, 0.4) is 0 Å². The fourth-order valence-corrected chi connectivity index (χ4v) is 4.15. The lowest BCUT2D eigenvalue weighted by molar-refractivity contribution is 0.252. The van der Waals surface area contributed by atoms with E-state index in [1.54, 1.807) is 0 Å². The maximum Gasteiger partial charge on any atom is 0.159 e. The van der Waals surface area contributed by atoms with Gasteiger partial charge < -0.3 is 0 Å². The second kappa shape index (κ2) is 8.94. The number of aryl methyl sites for hydroxylation is 2. The zero-order valence-corrected chi connectivity index (χ0v) is 16.0. The first-order valence-corrected chi connectivity index (χ1v) is 10.0. The van der Waals surface area contributed by atoms with Crippen LogP contribution in [0.5, 0.6) is 0 Å². The molecule has 0 atom stereocenters. The molecular weight excluding hydrogens is 318 g/mol. The molecule has 26 heavy (non-hydrogen) atoms. The van der Waals surface area contributed by atoms with Gasteiger partial charge in [-0.1, -0.05) is 45.4 Å². The number of rotatable bonds is 6. The van der Waals surface area contributed by atoms with Gasteiger partial charge in [-0.25, -0.2) is 9.97 Å². The number of aromatic nitrogens is 2. The summed E-state index contributed by atoms with van der Waals surface area (Å²) < 4.78 is 0. The molecule has 1 aliphatic carbocycles. The third kappa shape index (κ3) is 4.69. The van der Waals surface area contributed by atoms with Crippen molar-refractivity contribution in [3.63, 3.8) is 0 Å². The van der Waals surface area contributed by atoms with Gasteiger partial charge in [0.05, 0.1) is 11.6 Å². The molecule has 1 heterocycles. The predicted molar refractivity (Wildman–Crippen MR) is 106 cm³/mol. The molecule has 3 nitrogen and oxygen atoms in total. The van der Waals surface area contributed by atoms with E-state index < -0.39 is 0 Å². The summed E-state index contributed by atoms with van der Waals surface area (Å²) in [5, 5.41) is 9.04. The van der Waals surface area contributed by atoms with Crippen molar-refractivity contribution < 1.29 is 0 Å². The van der Waals surface area contributed by atoms with Gasteiger partial charge in [-0.15, -0.1) is 0 Å². The zero-order chi connectivity index (χ0) is 18.4. The van der Waals surface area contributed by atoms with Crippen molar-refractivity contribution in [2.24, 2.45) is 11.8 Å². The van der Waals surface area contributed by atoms with Gasteiger partial charge >= 0.3 is 0 Å². The summed E-state index contributed by atoms with van der Waals surface area (Å²) in [6.45, 7) is 4.25. The SMILES string of the molecule is CCCC1CCC(CCc2cnc(-c3ccc(C#N)c(C)c3)nc2)CC1. The Bertz CT molecular complexity index is 750. The molecule has 0 N–H and O–H groups in total. The van der Waals surface area contributed by atoms with Crippen LogP contribution in [-0.2, 0) is 6.42 Å². The molecule has 136 valence electrons. The van der Waals surface area contributed by atoms with Crippen LogP contribution < -0.4 is 0 Å². The summed E-state index contributed by atoms with van der Waals surface area (Å²) in [5.41, 5.74) is 3.88.